The van der Waals surface area contributed by atoms with E-state index in [-0.39, 0.29) is 16.7 Å². The van der Waals surface area contributed by atoms with Crippen LogP contribution in [0.2, 0.25) is 0 Å². The molecule has 0 fully saturated rings. The number of benzene rings is 1. The molecule has 0 radical (unpaired) electrons. The Hall–Kier alpha value is -1.82. The summed E-state index contributed by atoms with van der Waals surface area (Å²) in [5.41, 5.74) is 0.442. The fourth-order valence-electron chi connectivity index (χ4n) is 1.76. The zero-order valence-electron chi connectivity index (χ0n) is 11.5. The Balaban J connectivity index is 2.62. The van der Waals surface area contributed by atoms with Gasteiger partial charge in [0.2, 0.25) is 0 Å². The predicted molar refractivity (Wildman–Crippen MR) is 78.7 cm³/mol. The van der Waals surface area contributed by atoms with E-state index in [4.69, 9.17) is 11.7 Å². The predicted octanol–water partition coefficient (Wildman–Crippen LogP) is 1.72. The van der Waals surface area contributed by atoms with Gasteiger partial charge in [0.25, 0.3) is 0 Å². The van der Waals surface area contributed by atoms with E-state index >= 15 is 0 Å². The number of hydrogen-bond acceptors (Lipinski definition) is 4. The summed E-state index contributed by atoms with van der Waals surface area (Å²) in [6.07, 6.45) is 7.13. The Kier molecular flexibility index (Phi) is 6.24. The maximum Gasteiger partial charge on any atom is 0.179 e. The van der Waals surface area contributed by atoms with Gasteiger partial charge in [-0.05, 0) is 30.7 Å². The topological polar surface area (TPSA) is 70.0 Å². The average Bonchev–Trinajstić information content (AvgIpc) is 2.46. The third kappa shape index (κ3) is 4.70. The normalized spacial score (nSPS) is 12.3. The molecular weight excluding hydrogens is 272 g/mol. The smallest absolute Gasteiger partial charge is 0.179 e. The van der Waals surface area contributed by atoms with Crippen LogP contribution in [0, 0.1) is 23.7 Å². The average molecular weight is 290 g/mol. The Labute approximate surface area is 120 Å². The van der Waals surface area contributed by atoms with Gasteiger partial charge in [-0.25, -0.2) is 8.42 Å². The maximum atomic E-state index is 12.1. The molecular formula is C15H18N2O2S. The van der Waals surface area contributed by atoms with Gasteiger partial charge in [-0.15, -0.1) is 6.42 Å². The zero-order chi connectivity index (χ0) is 15.0. The highest BCUT2D eigenvalue weighted by atomic mass is 32.2. The van der Waals surface area contributed by atoms with Gasteiger partial charge in [-0.2, -0.15) is 5.26 Å². The number of rotatable bonds is 7. The molecule has 1 rings (SSSR count). The van der Waals surface area contributed by atoms with Crippen LogP contribution in [0.25, 0.3) is 0 Å². The molecule has 0 saturated heterocycles. The highest BCUT2D eigenvalue weighted by Crippen LogP contribution is 2.11. The lowest BCUT2D eigenvalue weighted by atomic mass is 10.2. The number of sulfone groups is 1. The lowest BCUT2D eigenvalue weighted by Crippen LogP contribution is -2.32. The molecule has 0 amide bonds. The SMILES string of the molecule is C#CC(CCC)NCCS(=O)(=O)c1ccc(C#N)cc1. The molecule has 0 heterocycles. The van der Waals surface area contributed by atoms with E-state index in [0.717, 1.165) is 12.8 Å². The largest absolute Gasteiger partial charge is 0.303 e. The molecule has 5 heteroatoms. The summed E-state index contributed by atoms with van der Waals surface area (Å²) >= 11 is 0. The summed E-state index contributed by atoms with van der Waals surface area (Å²) < 4.78 is 24.2. The summed E-state index contributed by atoms with van der Waals surface area (Å²) in [6, 6.07) is 7.79. The van der Waals surface area contributed by atoms with E-state index in [1.54, 1.807) is 0 Å². The van der Waals surface area contributed by atoms with Crippen LogP contribution in [0.1, 0.15) is 25.3 Å². The summed E-state index contributed by atoms with van der Waals surface area (Å²) in [5.74, 6) is 2.59. The van der Waals surface area contributed by atoms with Crippen LogP contribution in [-0.2, 0) is 9.84 Å². The number of terminal acetylenes is 1. The molecule has 1 N–H and O–H groups in total. The van der Waals surface area contributed by atoms with Gasteiger partial charge in [0.05, 0.1) is 28.3 Å². The minimum atomic E-state index is -3.34. The van der Waals surface area contributed by atoms with Crippen molar-refractivity contribution in [2.75, 3.05) is 12.3 Å². The van der Waals surface area contributed by atoms with Gasteiger partial charge < -0.3 is 5.32 Å². The number of hydrogen-bond donors (Lipinski definition) is 1. The first-order chi connectivity index (χ1) is 9.53. The highest BCUT2D eigenvalue weighted by molar-refractivity contribution is 7.91. The van der Waals surface area contributed by atoms with Crippen LogP contribution < -0.4 is 5.32 Å². The molecule has 0 aliphatic heterocycles. The van der Waals surface area contributed by atoms with Crippen LogP contribution in [0.4, 0.5) is 0 Å². The third-order valence-electron chi connectivity index (χ3n) is 2.88. The standard InChI is InChI=1S/C15H18N2O2S/c1-3-5-14(4-2)17-10-11-20(18,19)15-8-6-13(12-16)7-9-15/h2,6-9,14,17H,3,5,10-11H2,1H3. The Morgan fingerprint density at radius 3 is 2.50 bits per heavy atom. The van der Waals surface area contributed by atoms with Crippen molar-refractivity contribution in [1.29, 1.82) is 5.26 Å². The molecule has 0 spiro atoms. The van der Waals surface area contributed by atoms with Crippen molar-refractivity contribution >= 4 is 9.84 Å². The molecule has 0 saturated carbocycles. The maximum absolute atomic E-state index is 12.1. The van der Waals surface area contributed by atoms with Crippen molar-refractivity contribution in [3.63, 3.8) is 0 Å². The van der Waals surface area contributed by atoms with Gasteiger partial charge in [-0.3, -0.25) is 0 Å². The Bertz CT molecular complexity index is 607. The van der Waals surface area contributed by atoms with E-state index in [1.165, 1.54) is 24.3 Å². The Morgan fingerprint density at radius 1 is 1.35 bits per heavy atom. The van der Waals surface area contributed by atoms with E-state index in [1.807, 2.05) is 13.0 Å². The molecule has 1 atom stereocenters. The van der Waals surface area contributed by atoms with Crippen LogP contribution >= 0.6 is 0 Å². The molecule has 0 aliphatic carbocycles. The first-order valence-corrected chi connectivity index (χ1v) is 8.11. The van der Waals surface area contributed by atoms with Crippen LogP contribution in [0.15, 0.2) is 29.2 Å². The van der Waals surface area contributed by atoms with Crippen molar-refractivity contribution in [2.45, 2.75) is 30.7 Å². The molecule has 1 unspecified atom stereocenters. The minimum Gasteiger partial charge on any atom is -0.303 e. The number of nitriles is 1. The molecule has 4 nitrogen and oxygen atoms in total. The van der Waals surface area contributed by atoms with Crippen LogP contribution in [-0.4, -0.2) is 26.8 Å². The van der Waals surface area contributed by atoms with Gasteiger partial charge in [0.1, 0.15) is 0 Å². The van der Waals surface area contributed by atoms with E-state index < -0.39 is 9.84 Å². The molecule has 1 aromatic carbocycles. The van der Waals surface area contributed by atoms with Crippen molar-refractivity contribution in [1.82, 2.24) is 5.32 Å². The van der Waals surface area contributed by atoms with Gasteiger partial charge in [-0.1, -0.05) is 19.3 Å². The fraction of sp³-hybridized carbons (Fsp3) is 0.400. The first-order valence-electron chi connectivity index (χ1n) is 6.46. The van der Waals surface area contributed by atoms with Crippen molar-refractivity contribution in [2.24, 2.45) is 0 Å². The van der Waals surface area contributed by atoms with E-state index in [2.05, 4.69) is 11.2 Å². The quantitative estimate of drug-likeness (QED) is 0.776. The van der Waals surface area contributed by atoms with E-state index in [9.17, 15) is 8.42 Å². The van der Waals surface area contributed by atoms with Crippen LogP contribution in [0.5, 0.6) is 0 Å². The molecule has 0 bridgehead atoms. The molecule has 1 aromatic rings. The van der Waals surface area contributed by atoms with Crippen molar-refractivity contribution in [3.8, 4) is 18.4 Å². The first kappa shape index (κ1) is 16.2. The van der Waals surface area contributed by atoms with Gasteiger partial charge >= 0.3 is 0 Å². The second kappa shape index (κ2) is 7.69. The highest BCUT2D eigenvalue weighted by Gasteiger charge is 2.14. The molecule has 20 heavy (non-hydrogen) atoms. The zero-order valence-corrected chi connectivity index (χ0v) is 12.3. The third-order valence-corrected chi connectivity index (χ3v) is 4.61. The van der Waals surface area contributed by atoms with Crippen LogP contribution in [0.3, 0.4) is 0 Å². The second-order valence-electron chi connectivity index (χ2n) is 4.42. The van der Waals surface area contributed by atoms with E-state index in [0.29, 0.717) is 12.1 Å². The van der Waals surface area contributed by atoms with Crippen molar-refractivity contribution in [3.05, 3.63) is 29.8 Å². The summed E-state index contributed by atoms with van der Waals surface area (Å²) in [7, 11) is -3.34. The number of nitrogens with zero attached hydrogens (tertiary/aromatic N) is 1. The summed E-state index contributed by atoms with van der Waals surface area (Å²) in [5, 5.41) is 11.7. The summed E-state index contributed by atoms with van der Waals surface area (Å²) in [4.78, 5) is 0.228. The minimum absolute atomic E-state index is 0.0131. The van der Waals surface area contributed by atoms with Gasteiger partial charge in [0.15, 0.2) is 9.84 Å². The second-order valence-corrected chi connectivity index (χ2v) is 6.53. The molecule has 0 aliphatic rings. The van der Waals surface area contributed by atoms with Crippen molar-refractivity contribution < 1.29 is 8.42 Å². The monoisotopic (exact) mass is 290 g/mol. The van der Waals surface area contributed by atoms with Gasteiger partial charge in [0, 0.05) is 6.54 Å². The molecule has 106 valence electrons. The lowest BCUT2D eigenvalue weighted by molar-refractivity contribution is 0.566. The lowest BCUT2D eigenvalue weighted by Gasteiger charge is -2.12. The number of nitrogens with one attached hydrogen (secondary N) is 1. The Morgan fingerprint density at radius 2 is 2.00 bits per heavy atom. The fourth-order valence-corrected chi connectivity index (χ4v) is 2.93. The summed E-state index contributed by atoms with van der Waals surface area (Å²) in [6.45, 7) is 2.34. The molecule has 0 aromatic heterocycles.